The molecule has 1 atom stereocenters. The first-order valence-electron chi connectivity index (χ1n) is 10.6. The summed E-state index contributed by atoms with van der Waals surface area (Å²) in [5.74, 6) is 0.274. The van der Waals surface area contributed by atoms with Gasteiger partial charge in [0.05, 0.1) is 16.1 Å². The Morgan fingerprint density at radius 1 is 0.971 bits per heavy atom. The molecule has 0 radical (unpaired) electrons. The maximum absolute atomic E-state index is 12.7. The highest BCUT2D eigenvalue weighted by Gasteiger charge is 2.27. The van der Waals surface area contributed by atoms with E-state index in [0.717, 1.165) is 6.26 Å². The number of nitrogens with zero attached hydrogens (tertiary/aromatic N) is 2. The molecule has 2 amide bonds. The second-order valence-corrected chi connectivity index (χ2v) is 9.92. The van der Waals surface area contributed by atoms with Gasteiger partial charge in [-0.1, -0.05) is 12.1 Å². The molecular weight excluding hydrogens is 472 g/mol. The number of aromatic nitrogens is 2. The Hall–Kier alpha value is -4.38. The smallest absolute Gasteiger partial charge is 0.276 e. The first kappa shape index (κ1) is 22.4. The van der Waals surface area contributed by atoms with Gasteiger partial charge in [-0.25, -0.2) is 13.4 Å². The van der Waals surface area contributed by atoms with Crippen LogP contribution in [0.5, 0.6) is 11.5 Å². The lowest BCUT2D eigenvalue weighted by atomic mass is 10.2. The summed E-state index contributed by atoms with van der Waals surface area (Å²) in [5, 5.41) is 5.49. The predicted octanol–water partition coefficient (Wildman–Crippen LogP) is 2.77. The van der Waals surface area contributed by atoms with Crippen molar-refractivity contribution in [1.29, 1.82) is 0 Å². The van der Waals surface area contributed by atoms with Gasteiger partial charge in [0, 0.05) is 18.1 Å². The van der Waals surface area contributed by atoms with Gasteiger partial charge >= 0.3 is 0 Å². The van der Waals surface area contributed by atoms with Crippen molar-refractivity contribution in [3.05, 3.63) is 78.9 Å². The van der Waals surface area contributed by atoms with Crippen molar-refractivity contribution in [3.63, 3.8) is 0 Å². The molecule has 1 aliphatic heterocycles. The van der Waals surface area contributed by atoms with Crippen molar-refractivity contribution < 1.29 is 27.5 Å². The lowest BCUT2D eigenvalue weighted by Gasteiger charge is -2.25. The Morgan fingerprint density at radius 2 is 1.69 bits per heavy atom. The molecule has 0 bridgehead atoms. The highest BCUT2D eigenvalue weighted by molar-refractivity contribution is 7.90. The highest BCUT2D eigenvalue weighted by Crippen LogP contribution is 2.31. The van der Waals surface area contributed by atoms with Gasteiger partial charge in [-0.05, 0) is 48.5 Å². The van der Waals surface area contributed by atoms with E-state index in [2.05, 4.69) is 15.6 Å². The molecule has 1 aliphatic rings. The Labute approximate surface area is 200 Å². The van der Waals surface area contributed by atoms with E-state index in [0.29, 0.717) is 28.4 Å². The second-order valence-electron chi connectivity index (χ2n) is 7.91. The molecule has 2 aromatic heterocycles. The van der Waals surface area contributed by atoms with Gasteiger partial charge in [-0.3, -0.25) is 9.59 Å². The zero-order valence-corrected chi connectivity index (χ0v) is 19.3. The Morgan fingerprint density at radius 3 is 2.43 bits per heavy atom. The lowest BCUT2D eigenvalue weighted by molar-refractivity contribution is -0.125. The van der Waals surface area contributed by atoms with Crippen LogP contribution in [0.1, 0.15) is 10.5 Å². The van der Waals surface area contributed by atoms with Gasteiger partial charge < -0.3 is 24.5 Å². The van der Waals surface area contributed by atoms with E-state index in [1.54, 1.807) is 40.9 Å². The van der Waals surface area contributed by atoms with Crippen LogP contribution in [0.25, 0.3) is 5.52 Å². The van der Waals surface area contributed by atoms with E-state index >= 15 is 0 Å². The number of hydrogen-bond donors (Lipinski definition) is 2. The fourth-order valence-corrected chi connectivity index (χ4v) is 4.23. The number of anilines is 2. The number of benzene rings is 2. The maximum atomic E-state index is 12.7. The summed E-state index contributed by atoms with van der Waals surface area (Å²) >= 11 is 0. The quantitative estimate of drug-likeness (QED) is 0.438. The summed E-state index contributed by atoms with van der Waals surface area (Å²) in [6, 6.07) is 16.3. The van der Waals surface area contributed by atoms with Gasteiger partial charge in [-0.2, -0.15) is 0 Å². The van der Waals surface area contributed by atoms with Crippen molar-refractivity contribution >= 4 is 38.5 Å². The molecule has 2 N–H and O–H groups in total. The molecule has 0 fully saturated rings. The SMILES string of the molecule is CS(=O)(=O)c1ccc(NC(=O)c2ncn3cc(NC(=O)C4COc5ccccc5O4)ccc23)cc1. The molecule has 2 aromatic carbocycles. The number of amides is 2. The summed E-state index contributed by atoms with van der Waals surface area (Å²) in [6.45, 7) is 0.0889. The van der Waals surface area contributed by atoms with Crippen molar-refractivity contribution in [1.82, 2.24) is 9.38 Å². The number of nitrogens with one attached hydrogen (secondary N) is 2. The summed E-state index contributed by atoms with van der Waals surface area (Å²) in [5.41, 5.74) is 1.63. The zero-order valence-electron chi connectivity index (χ0n) is 18.5. The van der Waals surface area contributed by atoms with Crippen molar-refractivity contribution in [3.8, 4) is 11.5 Å². The standard InChI is InChI=1S/C24H20N4O6S/c1-35(31,32)17-9-6-15(7-10-17)26-24(30)22-18-11-8-16(12-28(18)14-25-22)27-23(29)21-13-33-19-4-2-3-5-20(19)34-21/h2-12,14,21H,13H2,1H3,(H,26,30)(H,27,29). The topological polar surface area (TPSA) is 128 Å². The van der Waals surface area contributed by atoms with Crippen LogP contribution in [0.3, 0.4) is 0 Å². The Bertz CT molecular complexity index is 1550. The molecule has 4 aromatic rings. The zero-order chi connectivity index (χ0) is 24.6. The monoisotopic (exact) mass is 492 g/mol. The molecule has 35 heavy (non-hydrogen) atoms. The number of sulfone groups is 1. The number of carbonyl (C=O) groups is 2. The number of fused-ring (bicyclic) bond motifs is 2. The Kier molecular flexibility index (Phi) is 5.61. The van der Waals surface area contributed by atoms with Crippen LogP contribution in [0.15, 0.2) is 78.1 Å². The van der Waals surface area contributed by atoms with Crippen LogP contribution in [-0.4, -0.2) is 48.6 Å². The van der Waals surface area contributed by atoms with Crippen LogP contribution in [0, 0.1) is 0 Å². The number of para-hydroxylation sites is 2. The summed E-state index contributed by atoms with van der Waals surface area (Å²) < 4.78 is 36.1. The fraction of sp³-hybridized carbons (Fsp3) is 0.125. The summed E-state index contributed by atoms with van der Waals surface area (Å²) in [4.78, 5) is 29.7. The van der Waals surface area contributed by atoms with Crippen molar-refractivity contribution in [2.45, 2.75) is 11.0 Å². The van der Waals surface area contributed by atoms with E-state index < -0.39 is 21.8 Å². The third kappa shape index (κ3) is 4.66. The van der Waals surface area contributed by atoms with Gasteiger partial charge in [0.1, 0.15) is 12.9 Å². The minimum atomic E-state index is -3.33. The van der Waals surface area contributed by atoms with Crippen LogP contribution < -0.4 is 20.1 Å². The van der Waals surface area contributed by atoms with Crippen molar-refractivity contribution in [2.24, 2.45) is 0 Å². The molecule has 0 aliphatic carbocycles. The van der Waals surface area contributed by atoms with Crippen LogP contribution in [0.4, 0.5) is 11.4 Å². The predicted molar refractivity (Wildman–Crippen MR) is 128 cm³/mol. The third-order valence-electron chi connectivity index (χ3n) is 5.35. The second kappa shape index (κ2) is 8.76. The lowest BCUT2D eigenvalue weighted by Crippen LogP contribution is -2.40. The Balaban J connectivity index is 1.27. The molecule has 3 heterocycles. The number of ether oxygens (including phenoxy) is 2. The van der Waals surface area contributed by atoms with E-state index in [1.165, 1.54) is 30.6 Å². The number of hydrogen-bond acceptors (Lipinski definition) is 7. The summed E-state index contributed by atoms with van der Waals surface area (Å²) in [7, 11) is -3.33. The third-order valence-corrected chi connectivity index (χ3v) is 6.48. The fourth-order valence-electron chi connectivity index (χ4n) is 3.60. The molecule has 1 unspecified atom stereocenters. The average molecular weight is 493 g/mol. The van der Waals surface area contributed by atoms with Crippen LogP contribution in [0.2, 0.25) is 0 Å². The number of pyridine rings is 1. The van der Waals surface area contributed by atoms with E-state index in [-0.39, 0.29) is 23.1 Å². The van der Waals surface area contributed by atoms with E-state index in [4.69, 9.17) is 9.47 Å². The van der Waals surface area contributed by atoms with Gasteiger partial charge in [0.15, 0.2) is 27.0 Å². The van der Waals surface area contributed by atoms with Crippen molar-refractivity contribution in [2.75, 3.05) is 23.5 Å². The van der Waals surface area contributed by atoms with E-state index in [9.17, 15) is 18.0 Å². The number of rotatable bonds is 5. The summed E-state index contributed by atoms with van der Waals surface area (Å²) in [6.07, 6.45) is 3.40. The normalized spacial score (nSPS) is 14.9. The molecular formula is C24H20N4O6S. The molecule has 0 spiro atoms. The molecule has 5 rings (SSSR count). The minimum absolute atomic E-state index is 0.0889. The van der Waals surface area contributed by atoms with Gasteiger partial charge in [0.2, 0.25) is 6.10 Å². The minimum Gasteiger partial charge on any atom is -0.485 e. The number of carbonyl (C=O) groups excluding carboxylic acids is 2. The first-order valence-corrected chi connectivity index (χ1v) is 12.4. The number of imidazole rings is 1. The van der Waals surface area contributed by atoms with Crippen LogP contribution >= 0.6 is 0 Å². The largest absolute Gasteiger partial charge is 0.485 e. The van der Waals surface area contributed by atoms with E-state index in [1.807, 2.05) is 6.07 Å². The van der Waals surface area contributed by atoms with Crippen LogP contribution in [-0.2, 0) is 14.6 Å². The van der Waals surface area contributed by atoms with Gasteiger partial charge in [0.25, 0.3) is 11.8 Å². The highest BCUT2D eigenvalue weighted by atomic mass is 32.2. The first-order chi connectivity index (χ1) is 16.8. The molecule has 178 valence electrons. The average Bonchev–Trinajstić information content (AvgIpc) is 3.27. The molecule has 0 saturated carbocycles. The molecule has 0 saturated heterocycles. The molecule has 11 heteroatoms. The maximum Gasteiger partial charge on any atom is 0.276 e. The van der Waals surface area contributed by atoms with Gasteiger partial charge in [-0.15, -0.1) is 0 Å². The molecule has 10 nitrogen and oxygen atoms in total.